The molecule has 1 aliphatic carbocycles. The van der Waals surface area contributed by atoms with Gasteiger partial charge in [0.1, 0.15) is 11.7 Å². The number of ether oxygens (including phenoxy) is 1. The number of hydrogen-bond acceptors (Lipinski definition) is 4. The maximum atomic E-state index is 12.3. The van der Waals surface area contributed by atoms with E-state index in [-0.39, 0.29) is 12.5 Å². The fourth-order valence-corrected chi connectivity index (χ4v) is 3.94. The second-order valence-corrected chi connectivity index (χ2v) is 7.39. The molecule has 1 aliphatic rings. The first-order valence-corrected chi connectivity index (χ1v) is 9.59. The topological polar surface area (TPSA) is 93.5 Å². The first kappa shape index (κ1) is 19.9. The SMILES string of the molecule is Cc1nn(C)c(C)c1OCC(=O)NC(CC1CCCc2ccccc21)C(=O)O. The van der Waals surface area contributed by atoms with Gasteiger partial charge < -0.3 is 15.2 Å². The molecule has 1 aromatic carbocycles. The van der Waals surface area contributed by atoms with Crippen LogP contribution < -0.4 is 10.1 Å². The van der Waals surface area contributed by atoms with Crippen molar-refractivity contribution in [3.63, 3.8) is 0 Å². The number of aryl methyl sites for hydroxylation is 3. The molecule has 0 saturated heterocycles. The van der Waals surface area contributed by atoms with E-state index in [0.717, 1.165) is 25.0 Å². The predicted octanol–water partition coefficient (Wildman–Crippen LogP) is 2.50. The molecule has 0 radical (unpaired) electrons. The third-order valence-corrected chi connectivity index (χ3v) is 5.44. The van der Waals surface area contributed by atoms with Crippen LogP contribution in [0.2, 0.25) is 0 Å². The summed E-state index contributed by atoms with van der Waals surface area (Å²) in [4.78, 5) is 24.1. The number of rotatable bonds is 7. The fourth-order valence-electron chi connectivity index (χ4n) is 3.94. The molecule has 7 nitrogen and oxygen atoms in total. The summed E-state index contributed by atoms with van der Waals surface area (Å²) in [6.07, 6.45) is 3.36. The van der Waals surface area contributed by atoms with Crippen molar-refractivity contribution in [1.82, 2.24) is 15.1 Å². The summed E-state index contributed by atoms with van der Waals surface area (Å²) < 4.78 is 7.27. The zero-order valence-electron chi connectivity index (χ0n) is 16.6. The number of carboxylic acid groups (broad SMARTS) is 1. The van der Waals surface area contributed by atoms with Crippen molar-refractivity contribution in [3.8, 4) is 5.75 Å². The maximum Gasteiger partial charge on any atom is 0.326 e. The van der Waals surface area contributed by atoms with Crippen molar-refractivity contribution in [2.45, 2.75) is 51.5 Å². The van der Waals surface area contributed by atoms with E-state index in [1.54, 1.807) is 18.7 Å². The molecule has 2 atom stereocenters. The lowest BCUT2D eigenvalue weighted by molar-refractivity contribution is -0.142. The number of nitrogens with zero attached hydrogens (tertiary/aromatic N) is 2. The summed E-state index contributed by atoms with van der Waals surface area (Å²) in [5, 5.41) is 16.5. The molecule has 1 amide bonds. The number of carbonyl (C=O) groups is 2. The minimum Gasteiger partial charge on any atom is -0.480 e. The van der Waals surface area contributed by atoms with Crippen molar-refractivity contribution < 1.29 is 19.4 Å². The number of benzene rings is 1. The molecular formula is C21H27N3O4. The number of hydrogen-bond donors (Lipinski definition) is 2. The van der Waals surface area contributed by atoms with Gasteiger partial charge in [0.15, 0.2) is 12.4 Å². The van der Waals surface area contributed by atoms with Crippen LogP contribution in [0.5, 0.6) is 5.75 Å². The molecule has 1 heterocycles. The van der Waals surface area contributed by atoms with E-state index in [0.29, 0.717) is 17.9 Å². The average Bonchev–Trinajstić information content (AvgIpc) is 2.91. The summed E-state index contributed by atoms with van der Waals surface area (Å²) >= 11 is 0. The van der Waals surface area contributed by atoms with Gasteiger partial charge in [0.25, 0.3) is 5.91 Å². The highest BCUT2D eigenvalue weighted by Crippen LogP contribution is 2.34. The Morgan fingerprint density at radius 2 is 2.11 bits per heavy atom. The highest BCUT2D eigenvalue weighted by molar-refractivity contribution is 5.84. The average molecular weight is 385 g/mol. The van der Waals surface area contributed by atoms with Crippen LogP contribution in [0.3, 0.4) is 0 Å². The lowest BCUT2D eigenvalue weighted by Gasteiger charge is -2.28. The molecule has 0 spiro atoms. The number of nitrogens with one attached hydrogen (secondary N) is 1. The quantitative estimate of drug-likeness (QED) is 0.764. The minimum absolute atomic E-state index is 0.134. The molecule has 2 unspecified atom stereocenters. The molecule has 0 fully saturated rings. The van der Waals surface area contributed by atoms with Crippen LogP contribution >= 0.6 is 0 Å². The van der Waals surface area contributed by atoms with E-state index in [2.05, 4.69) is 22.5 Å². The largest absolute Gasteiger partial charge is 0.480 e. The molecule has 7 heteroatoms. The maximum absolute atomic E-state index is 12.3. The first-order valence-electron chi connectivity index (χ1n) is 9.59. The molecule has 0 aliphatic heterocycles. The van der Waals surface area contributed by atoms with Crippen LogP contribution in [-0.2, 0) is 23.1 Å². The number of amides is 1. The van der Waals surface area contributed by atoms with Gasteiger partial charge in [0.2, 0.25) is 0 Å². The summed E-state index contributed by atoms with van der Waals surface area (Å²) in [6, 6.07) is 7.22. The summed E-state index contributed by atoms with van der Waals surface area (Å²) in [5.41, 5.74) is 3.99. The molecular weight excluding hydrogens is 358 g/mol. The fraction of sp³-hybridized carbons (Fsp3) is 0.476. The van der Waals surface area contributed by atoms with Crippen LogP contribution in [0, 0.1) is 13.8 Å². The Morgan fingerprint density at radius 3 is 2.79 bits per heavy atom. The first-order chi connectivity index (χ1) is 13.4. The lowest BCUT2D eigenvalue weighted by Crippen LogP contribution is -2.44. The van der Waals surface area contributed by atoms with E-state index in [9.17, 15) is 14.7 Å². The van der Waals surface area contributed by atoms with E-state index in [1.807, 2.05) is 19.1 Å². The van der Waals surface area contributed by atoms with E-state index in [4.69, 9.17) is 4.74 Å². The number of aromatic nitrogens is 2. The third kappa shape index (κ3) is 4.35. The van der Waals surface area contributed by atoms with Gasteiger partial charge in [0, 0.05) is 7.05 Å². The molecule has 0 saturated carbocycles. The zero-order valence-corrected chi connectivity index (χ0v) is 16.6. The van der Waals surface area contributed by atoms with Gasteiger partial charge in [-0.1, -0.05) is 24.3 Å². The van der Waals surface area contributed by atoms with Gasteiger partial charge in [-0.2, -0.15) is 5.10 Å². The molecule has 2 aromatic rings. The number of carbonyl (C=O) groups excluding carboxylic acids is 1. The van der Waals surface area contributed by atoms with Gasteiger partial charge in [-0.3, -0.25) is 9.48 Å². The number of carboxylic acids is 1. The van der Waals surface area contributed by atoms with Crippen molar-refractivity contribution in [3.05, 3.63) is 46.8 Å². The Morgan fingerprint density at radius 1 is 1.36 bits per heavy atom. The normalized spacial score (nSPS) is 16.9. The minimum atomic E-state index is -1.02. The van der Waals surface area contributed by atoms with Crippen molar-refractivity contribution in [2.75, 3.05) is 6.61 Å². The molecule has 150 valence electrons. The third-order valence-electron chi connectivity index (χ3n) is 5.44. The molecule has 3 rings (SSSR count). The van der Waals surface area contributed by atoms with Crippen molar-refractivity contribution in [2.24, 2.45) is 7.05 Å². The van der Waals surface area contributed by atoms with Crippen LogP contribution in [-0.4, -0.2) is 39.4 Å². The zero-order chi connectivity index (χ0) is 20.3. The second kappa shape index (κ2) is 8.46. The molecule has 1 aromatic heterocycles. The highest BCUT2D eigenvalue weighted by atomic mass is 16.5. The van der Waals surface area contributed by atoms with Crippen LogP contribution in [0.25, 0.3) is 0 Å². The van der Waals surface area contributed by atoms with E-state index < -0.39 is 17.9 Å². The Bertz CT molecular complexity index is 875. The van der Waals surface area contributed by atoms with Crippen molar-refractivity contribution >= 4 is 11.9 Å². The summed E-state index contributed by atoms with van der Waals surface area (Å²) in [5.74, 6) is -0.773. The summed E-state index contributed by atoms with van der Waals surface area (Å²) in [6.45, 7) is 3.42. The Labute approximate surface area is 164 Å². The predicted molar refractivity (Wildman–Crippen MR) is 104 cm³/mol. The van der Waals surface area contributed by atoms with E-state index >= 15 is 0 Å². The van der Waals surface area contributed by atoms with Crippen LogP contribution in [0.15, 0.2) is 24.3 Å². The standard InChI is InChI=1S/C21H27N3O4/c1-13-20(14(2)24(3)23-13)28-12-19(25)22-18(21(26)27)11-16-9-6-8-15-7-4-5-10-17(15)16/h4-5,7,10,16,18H,6,8-9,11-12H2,1-3H3,(H,22,25)(H,26,27). The van der Waals surface area contributed by atoms with Gasteiger partial charge in [0.05, 0.1) is 5.69 Å². The molecule has 28 heavy (non-hydrogen) atoms. The number of fused-ring (bicyclic) bond motifs is 1. The van der Waals surface area contributed by atoms with Gasteiger partial charge in [-0.25, -0.2) is 4.79 Å². The Kier molecular flexibility index (Phi) is 6.02. The highest BCUT2D eigenvalue weighted by Gasteiger charge is 2.28. The van der Waals surface area contributed by atoms with Gasteiger partial charge in [-0.05, 0) is 56.6 Å². The molecule has 0 bridgehead atoms. The summed E-state index contributed by atoms with van der Waals surface area (Å²) in [7, 11) is 1.80. The van der Waals surface area contributed by atoms with Gasteiger partial charge in [-0.15, -0.1) is 0 Å². The Hall–Kier alpha value is -2.83. The van der Waals surface area contributed by atoms with E-state index in [1.165, 1.54) is 11.1 Å². The van der Waals surface area contributed by atoms with Crippen LogP contribution in [0.1, 0.15) is 47.7 Å². The van der Waals surface area contributed by atoms with Crippen LogP contribution in [0.4, 0.5) is 0 Å². The lowest BCUT2D eigenvalue weighted by atomic mass is 9.79. The van der Waals surface area contributed by atoms with Crippen molar-refractivity contribution in [1.29, 1.82) is 0 Å². The molecule has 2 N–H and O–H groups in total. The number of aliphatic carboxylic acids is 1. The van der Waals surface area contributed by atoms with Gasteiger partial charge >= 0.3 is 5.97 Å². The monoisotopic (exact) mass is 385 g/mol. The Balaban J connectivity index is 1.62. The second-order valence-electron chi connectivity index (χ2n) is 7.39. The smallest absolute Gasteiger partial charge is 0.326 e.